The molecule has 2 aromatic carbocycles. The lowest BCUT2D eigenvalue weighted by Crippen LogP contribution is -2.53. The van der Waals surface area contributed by atoms with Crippen LogP contribution in [-0.2, 0) is 11.2 Å². The molecule has 146 valence electrons. The van der Waals surface area contributed by atoms with E-state index in [-0.39, 0.29) is 11.9 Å². The molecule has 29 heavy (non-hydrogen) atoms. The zero-order valence-corrected chi connectivity index (χ0v) is 16.0. The Morgan fingerprint density at radius 3 is 2.17 bits per heavy atom. The fourth-order valence-corrected chi connectivity index (χ4v) is 4.86. The number of allylic oxidation sites excluding steroid dienone is 1. The molecule has 1 heterocycles. The van der Waals surface area contributed by atoms with Gasteiger partial charge < -0.3 is 5.32 Å². The Morgan fingerprint density at radius 1 is 0.931 bits per heavy atom. The third-order valence-corrected chi connectivity index (χ3v) is 6.32. The monoisotopic (exact) mass is 386 g/mol. The van der Waals surface area contributed by atoms with Gasteiger partial charge in [-0.25, -0.2) is 0 Å². The quantitative estimate of drug-likeness (QED) is 0.635. The Bertz CT molecular complexity index is 979. The molecule has 2 aliphatic carbocycles. The van der Waals surface area contributed by atoms with Gasteiger partial charge in [-0.3, -0.25) is 19.3 Å². The van der Waals surface area contributed by atoms with Crippen molar-refractivity contribution in [2.75, 3.05) is 0 Å². The van der Waals surface area contributed by atoms with E-state index in [4.69, 9.17) is 0 Å². The van der Waals surface area contributed by atoms with Gasteiger partial charge in [0, 0.05) is 12.5 Å². The van der Waals surface area contributed by atoms with Crippen molar-refractivity contribution < 1.29 is 14.4 Å². The van der Waals surface area contributed by atoms with E-state index in [1.807, 2.05) is 30.3 Å². The summed E-state index contributed by atoms with van der Waals surface area (Å²) in [5, 5.41) is 3.14. The fourth-order valence-electron chi connectivity index (χ4n) is 4.86. The van der Waals surface area contributed by atoms with Crippen LogP contribution in [0.3, 0.4) is 0 Å². The highest BCUT2D eigenvalue weighted by atomic mass is 16.2. The van der Waals surface area contributed by atoms with Gasteiger partial charge in [-0.15, -0.1) is 0 Å². The molecule has 0 saturated heterocycles. The van der Waals surface area contributed by atoms with Crippen LogP contribution >= 0.6 is 0 Å². The first kappa shape index (κ1) is 17.9. The molecule has 2 bridgehead atoms. The van der Waals surface area contributed by atoms with E-state index in [2.05, 4.69) is 17.5 Å². The van der Waals surface area contributed by atoms with E-state index in [0.29, 0.717) is 29.4 Å². The smallest absolute Gasteiger partial charge is 0.262 e. The molecule has 3 aliphatic rings. The molecule has 1 saturated carbocycles. The van der Waals surface area contributed by atoms with Crippen LogP contribution in [0.4, 0.5) is 0 Å². The Kier molecular flexibility index (Phi) is 4.31. The predicted molar refractivity (Wildman–Crippen MR) is 108 cm³/mol. The third kappa shape index (κ3) is 3.07. The van der Waals surface area contributed by atoms with Gasteiger partial charge in [-0.2, -0.15) is 0 Å². The second kappa shape index (κ2) is 6.99. The van der Waals surface area contributed by atoms with Crippen molar-refractivity contribution in [2.24, 2.45) is 11.8 Å². The van der Waals surface area contributed by atoms with Crippen molar-refractivity contribution in [1.29, 1.82) is 0 Å². The number of carbonyl (C=O) groups is 3. The summed E-state index contributed by atoms with van der Waals surface area (Å²) in [4.78, 5) is 40.5. The zero-order valence-electron chi connectivity index (χ0n) is 16.0. The molecule has 5 nitrogen and oxygen atoms in total. The summed E-state index contributed by atoms with van der Waals surface area (Å²) in [7, 11) is 0. The highest BCUT2D eigenvalue weighted by Gasteiger charge is 2.44. The van der Waals surface area contributed by atoms with Gasteiger partial charge in [-0.1, -0.05) is 54.6 Å². The van der Waals surface area contributed by atoms with Crippen molar-refractivity contribution in [1.82, 2.24) is 10.2 Å². The summed E-state index contributed by atoms with van der Waals surface area (Å²) in [5.41, 5.74) is 1.65. The first-order chi connectivity index (χ1) is 14.1. The first-order valence-corrected chi connectivity index (χ1v) is 10.1. The molecular weight excluding hydrogens is 364 g/mol. The van der Waals surface area contributed by atoms with Crippen LogP contribution in [0.15, 0.2) is 66.7 Å². The number of imide groups is 1. The molecule has 4 unspecified atom stereocenters. The maximum Gasteiger partial charge on any atom is 0.262 e. The Balaban J connectivity index is 1.44. The summed E-state index contributed by atoms with van der Waals surface area (Å²) in [6, 6.07) is 15.5. The van der Waals surface area contributed by atoms with Gasteiger partial charge in [0.2, 0.25) is 5.91 Å². The lowest BCUT2D eigenvalue weighted by Gasteiger charge is -2.28. The number of rotatable bonds is 5. The van der Waals surface area contributed by atoms with Gasteiger partial charge >= 0.3 is 0 Å². The average Bonchev–Trinajstić information content (AvgIpc) is 3.42. The highest BCUT2D eigenvalue weighted by Crippen LogP contribution is 2.39. The molecule has 0 radical (unpaired) electrons. The van der Waals surface area contributed by atoms with E-state index in [1.165, 1.54) is 0 Å². The molecule has 1 fully saturated rings. The summed E-state index contributed by atoms with van der Waals surface area (Å²) in [6.07, 6.45) is 6.69. The summed E-state index contributed by atoms with van der Waals surface area (Å²) < 4.78 is 0. The lowest BCUT2D eigenvalue weighted by molar-refractivity contribution is -0.125. The van der Waals surface area contributed by atoms with Crippen LogP contribution in [0, 0.1) is 11.8 Å². The molecular formula is C24H22N2O3. The number of hydrogen-bond donors (Lipinski definition) is 1. The summed E-state index contributed by atoms with van der Waals surface area (Å²) in [5.74, 6) is -0.168. The van der Waals surface area contributed by atoms with Crippen LogP contribution in [0.25, 0.3) is 0 Å². The minimum absolute atomic E-state index is 0.0750. The number of benzene rings is 2. The second-order valence-corrected chi connectivity index (χ2v) is 8.13. The number of amides is 3. The van der Waals surface area contributed by atoms with Crippen molar-refractivity contribution in [3.05, 3.63) is 83.4 Å². The van der Waals surface area contributed by atoms with E-state index in [9.17, 15) is 14.4 Å². The van der Waals surface area contributed by atoms with E-state index in [1.54, 1.807) is 24.3 Å². The Hall–Kier alpha value is -3.21. The maximum atomic E-state index is 13.3. The molecule has 2 aromatic rings. The SMILES string of the molecule is O=C(NC1CC2C=CC1C2)C(Cc1ccccc1)N1C(=O)c2ccccc2C1=O. The van der Waals surface area contributed by atoms with E-state index < -0.39 is 17.9 Å². The molecule has 1 aliphatic heterocycles. The molecule has 1 N–H and O–H groups in total. The van der Waals surface area contributed by atoms with Crippen molar-refractivity contribution in [3.63, 3.8) is 0 Å². The van der Waals surface area contributed by atoms with Crippen LogP contribution in [0.1, 0.15) is 39.1 Å². The van der Waals surface area contributed by atoms with Crippen molar-refractivity contribution >= 4 is 17.7 Å². The van der Waals surface area contributed by atoms with Crippen molar-refractivity contribution in [2.45, 2.75) is 31.3 Å². The lowest BCUT2D eigenvalue weighted by atomic mass is 9.99. The number of carbonyl (C=O) groups excluding carboxylic acids is 3. The minimum atomic E-state index is -0.868. The van der Waals surface area contributed by atoms with Gasteiger partial charge in [-0.05, 0) is 42.4 Å². The second-order valence-electron chi connectivity index (χ2n) is 8.13. The predicted octanol–water partition coefficient (Wildman–Crippen LogP) is 2.97. The fraction of sp³-hybridized carbons (Fsp3) is 0.292. The van der Waals surface area contributed by atoms with E-state index >= 15 is 0 Å². The maximum absolute atomic E-state index is 13.3. The number of hydrogen-bond acceptors (Lipinski definition) is 3. The van der Waals surface area contributed by atoms with Crippen LogP contribution in [0.2, 0.25) is 0 Å². The van der Waals surface area contributed by atoms with Gasteiger partial charge in [0.05, 0.1) is 11.1 Å². The van der Waals surface area contributed by atoms with Gasteiger partial charge in [0.15, 0.2) is 0 Å². The molecule has 4 atom stereocenters. The van der Waals surface area contributed by atoms with E-state index in [0.717, 1.165) is 23.3 Å². The number of nitrogens with one attached hydrogen (secondary N) is 1. The molecule has 0 aromatic heterocycles. The Labute approximate surface area is 169 Å². The number of fused-ring (bicyclic) bond motifs is 3. The average molecular weight is 386 g/mol. The van der Waals surface area contributed by atoms with Gasteiger partial charge in [0.25, 0.3) is 11.8 Å². The summed E-state index contributed by atoms with van der Waals surface area (Å²) >= 11 is 0. The van der Waals surface area contributed by atoms with Crippen LogP contribution in [0.5, 0.6) is 0 Å². The highest BCUT2D eigenvalue weighted by molar-refractivity contribution is 6.22. The molecule has 5 rings (SSSR count). The minimum Gasteiger partial charge on any atom is -0.351 e. The molecule has 5 heteroatoms. The topological polar surface area (TPSA) is 66.5 Å². The third-order valence-electron chi connectivity index (χ3n) is 6.32. The zero-order chi connectivity index (χ0) is 20.0. The Morgan fingerprint density at radius 2 is 1.59 bits per heavy atom. The summed E-state index contributed by atoms with van der Waals surface area (Å²) in [6.45, 7) is 0. The van der Waals surface area contributed by atoms with Gasteiger partial charge in [0.1, 0.15) is 6.04 Å². The van der Waals surface area contributed by atoms with Crippen molar-refractivity contribution in [3.8, 4) is 0 Å². The molecule has 3 amide bonds. The standard InChI is InChI=1S/C24H22N2O3/c27-22(25-20-13-16-10-11-17(20)12-16)21(14-15-6-2-1-3-7-15)26-23(28)18-8-4-5-9-19(18)24(26)29/h1-11,16-17,20-21H,12-14H2,(H,25,27). The largest absolute Gasteiger partial charge is 0.351 e. The number of nitrogens with zero attached hydrogens (tertiary/aromatic N) is 1. The first-order valence-electron chi connectivity index (χ1n) is 10.1. The van der Waals surface area contributed by atoms with Crippen LogP contribution in [-0.4, -0.2) is 34.7 Å². The van der Waals surface area contributed by atoms with Crippen LogP contribution < -0.4 is 5.32 Å². The molecule has 0 spiro atoms. The normalized spacial score (nSPS) is 25.4.